The third-order valence-corrected chi connectivity index (χ3v) is 3.62. The van der Waals surface area contributed by atoms with E-state index in [1.165, 1.54) is 16.3 Å². The van der Waals surface area contributed by atoms with Gasteiger partial charge < -0.3 is 10.1 Å². The van der Waals surface area contributed by atoms with Gasteiger partial charge in [-0.15, -0.1) is 11.3 Å². The van der Waals surface area contributed by atoms with Crippen LogP contribution in [0.1, 0.15) is 36.6 Å². The smallest absolute Gasteiger partial charge is 0.0925 e. The van der Waals surface area contributed by atoms with Crippen molar-refractivity contribution < 1.29 is 4.74 Å². The molecule has 16 heavy (non-hydrogen) atoms. The van der Waals surface area contributed by atoms with Crippen LogP contribution in [0.3, 0.4) is 0 Å². The zero-order valence-corrected chi connectivity index (χ0v) is 11.3. The number of hydrogen-bond acceptors (Lipinski definition) is 4. The van der Waals surface area contributed by atoms with Gasteiger partial charge in [-0.2, -0.15) is 0 Å². The van der Waals surface area contributed by atoms with Gasteiger partial charge in [-0.3, -0.25) is 0 Å². The first-order valence-corrected chi connectivity index (χ1v) is 6.77. The number of ether oxygens (including phenoxy) is 1. The molecule has 0 fully saturated rings. The van der Waals surface area contributed by atoms with Crippen LogP contribution in [0.5, 0.6) is 0 Å². The van der Waals surface area contributed by atoms with Gasteiger partial charge in [0.05, 0.1) is 11.6 Å². The van der Waals surface area contributed by atoms with Crippen molar-refractivity contribution in [1.29, 1.82) is 0 Å². The van der Waals surface area contributed by atoms with Gasteiger partial charge in [0, 0.05) is 30.8 Å². The van der Waals surface area contributed by atoms with Crippen LogP contribution in [0.25, 0.3) is 0 Å². The molecule has 1 unspecified atom stereocenters. The van der Waals surface area contributed by atoms with Crippen molar-refractivity contribution in [2.45, 2.75) is 45.7 Å². The van der Waals surface area contributed by atoms with Crippen molar-refractivity contribution in [3.05, 3.63) is 16.1 Å². The fourth-order valence-corrected chi connectivity index (χ4v) is 2.45. The monoisotopic (exact) mass is 242 g/mol. The normalized spacial score (nSPS) is 12.9. The summed E-state index contributed by atoms with van der Waals surface area (Å²) in [6.07, 6.45) is 5.35. The van der Waals surface area contributed by atoms with Gasteiger partial charge >= 0.3 is 0 Å². The van der Waals surface area contributed by atoms with Crippen LogP contribution in [0.15, 0.2) is 6.20 Å². The first-order chi connectivity index (χ1) is 7.80. The lowest BCUT2D eigenvalue weighted by molar-refractivity contribution is 0.161. The summed E-state index contributed by atoms with van der Waals surface area (Å²) in [6, 6.07) is 0.460. The van der Waals surface area contributed by atoms with E-state index in [9.17, 15) is 0 Å². The van der Waals surface area contributed by atoms with E-state index in [2.05, 4.69) is 24.1 Å². The molecule has 1 aromatic heterocycles. The SMILES string of the molecule is CCCC(COC)NCc1cnc(CC)s1. The number of aryl methyl sites for hydroxylation is 1. The van der Waals surface area contributed by atoms with Crippen molar-refractivity contribution in [1.82, 2.24) is 10.3 Å². The molecular weight excluding hydrogens is 220 g/mol. The molecule has 0 aliphatic rings. The third kappa shape index (κ3) is 4.60. The summed E-state index contributed by atoms with van der Waals surface area (Å²) in [5, 5.41) is 4.74. The van der Waals surface area contributed by atoms with Crippen LogP contribution in [-0.2, 0) is 17.7 Å². The van der Waals surface area contributed by atoms with E-state index in [4.69, 9.17) is 4.74 Å². The van der Waals surface area contributed by atoms with Crippen molar-refractivity contribution in [2.75, 3.05) is 13.7 Å². The van der Waals surface area contributed by atoms with Crippen LogP contribution < -0.4 is 5.32 Å². The van der Waals surface area contributed by atoms with Crippen molar-refractivity contribution in [2.24, 2.45) is 0 Å². The zero-order chi connectivity index (χ0) is 11.8. The standard InChI is InChI=1S/C12H22N2OS/c1-4-6-10(9-15-3)13-7-11-8-14-12(5-2)16-11/h8,10,13H,4-7,9H2,1-3H3. The molecule has 1 atom stereocenters. The first-order valence-electron chi connectivity index (χ1n) is 5.96. The van der Waals surface area contributed by atoms with E-state index in [1.807, 2.05) is 6.20 Å². The molecule has 0 spiro atoms. The van der Waals surface area contributed by atoms with Crippen LogP contribution in [0.2, 0.25) is 0 Å². The third-order valence-electron chi connectivity index (χ3n) is 2.47. The maximum Gasteiger partial charge on any atom is 0.0925 e. The van der Waals surface area contributed by atoms with Crippen LogP contribution in [-0.4, -0.2) is 24.7 Å². The highest BCUT2D eigenvalue weighted by atomic mass is 32.1. The Balaban J connectivity index is 2.35. The molecule has 0 amide bonds. The Kier molecular flexibility index (Phi) is 6.61. The van der Waals surface area contributed by atoms with E-state index in [-0.39, 0.29) is 0 Å². The molecule has 1 heterocycles. The molecule has 1 aromatic rings. The second-order valence-corrected chi connectivity index (χ2v) is 5.10. The topological polar surface area (TPSA) is 34.1 Å². The van der Waals surface area contributed by atoms with Gasteiger partial charge in [0.25, 0.3) is 0 Å². The number of nitrogens with one attached hydrogen (secondary N) is 1. The second kappa shape index (κ2) is 7.76. The highest BCUT2D eigenvalue weighted by Crippen LogP contribution is 2.13. The average molecular weight is 242 g/mol. The van der Waals surface area contributed by atoms with E-state index < -0.39 is 0 Å². The van der Waals surface area contributed by atoms with Gasteiger partial charge in [-0.25, -0.2) is 4.98 Å². The highest BCUT2D eigenvalue weighted by molar-refractivity contribution is 7.11. The largest absolute Gasteiger partial charge is 0.383 e. The summed E-state index contributed by atoms with van der Waals surface area (Å²) in [7, 11) is 1.76. The van der Waals surface area contributed by atoms with Gasteiger partial charge in [-0.05, 0) is 12.8 Å². The fourth-order valence-electron chi connectivity index (χ4n) is 1.63. The van der Waals surface area contributed by atoms with Gasteiger partial charge in [0.1, 0.15) is 0 Å². The minimum Gasteiger partial charge on any atom is -0.383 e. The van der Waals surface area contributed by atoms with Crippen molar-refractivity contribution in [3.8, 4) is 0 Å². The number of methoxy groups -OCH3 is 1. The molecule has 0 radical (unpaired) electrons. The Morgan fingerprint density at radius 3 is 2.88 bits per heavy atom. The molecule has 0 aromatic carbocycles. The van der Waals surface area contributed by atoms with E-state index in [0.29, 0.717) is 6.04 Å². The van der Waals surface area contributed by atoms with Crippen LogP contribution in [0.4, 0.5) is 0 Å². The van der Waals surface area contributed by atoms with E-state index in [0.717, 1.165) is 26.0 Å². The molecule has 3 nitrogen and oxygen atoms in total. The molecule has 0 saturated heterocycles. The lowest BCUT2D eigenvalue weighted by Crippen LogP contribution is -2.32. The Labute approximate surface area is 102 Å². The molecule has 1 rings (SSSR count). The number of aromatic nitrogens is 1. The summed E-state index contributed by atoms with van der Waals surface area (Å²) < 4.78 is 5.20. The maximum absolute atomic E-state index is 5.20. The van der Waals surface area contributed by atoms with Gasteiger partial charge in [0.15, 0.2) is 0 Å². The Bertz CT molecular complexity index is 282. The zero-order valence-electron chi connectivity index (χ0n) is 10.5. The molecule has 0 aliphatic carbocycles. The lowest BCUT2D eigenvalue weighted by atomic mass is 10.2. The summed E-state index contributed by atoms with van der Waals surface area (Å²) in [5.41, 5.74) is 0. The Morgan fingerprint density at radius 2 is 2.31 bits per heavy atom. The summed E-state index contributed by atoms with van der Waals surface area (Å²) >= 11 is 1.80. The predicted octanol–water partition coefficient (Wildman–Crippen LogP) is 2.61. The van der Waals surface area contributed by atoms with Gasteiger partial charge in [-0.1, -0.05) is 20.3 Å². The quantitative estimate of drug-likeness (QED) is 0.761. The van der Waals surface area contributed by atoms with Gasteiger partial charge in [0.2, 0.25) is 0 Å². The number of rotatable bonds is 8. The molecular formula is C12H22N2OS. The average Bonchev–Trinajstić information content (AvgIpc) is 2.74. The number of nitrogens with zero attached hydrogens (tertiary/aromatic N) is 1. The Morgan fingerprint density at radius 1 is 1.50 bits per heavy atom. The number of hydrogen-bond donors (Lipinski definition) is 1. The fraction of sp³-hybridized carbons (Fsp3) is 0.750. The van der Waals surface area contributed by atoms with Crippen molar-refractivity contribution >= 4 is 11.3 Å². The first kappa shape index (κ1) is 13.6. The lowest BCUT2D eigenvalue weighted by Gasteiger charge is -2.16. The maximum atomic E-state index is 5.20. The summed E-state index contributed by atoms with van der Waals surface area (Å²) in [5.74, 6) is 0. The molecule has 1 N–H and O–H groups in total. The summed E-state index contributed by atoms with van der Waals surface area (Å²) in [6.45, 7) is 6.03. The van der Waals surface area contributed by atoms with E-state index in [1.54, 1.807) is 18.4 Å². The predicted molar refractivity (Wildman–Crippen MR) is 68.9 cm³/mol. The second-order valence-electron chi connectivity index (χ2n) is 3.90. The van der Waals surface area contributed by atoms with Crippen molar-refractivity contribution in [3.63, 3.8) is 0 Å². The number of thiazole rings is 1. The Hall–Kier alpha value is -0.450. The van der Waals surface area contributed by atoms with Crippen LogP contribution >= 0.6 is 11.3 Å². The minimum absolute atomic E-state index is 0.460. The molecule has 0 aliphatic heterocycles. The molecule has 0 saturated carbocycles. The highest BCUT2D eigenvalue weighted by Gasteiger charge is 2.07. The summed E-state index contributed by atoms with van der Waals surface area (Å²) in [4.78, 5) is 5.67. The minimum atomic E-state index is 0.460. The van der Waals surface area contributed by atoms with E-state index >= 15 is 0 Å². The molecule has 0 bridgehead atoms. The van der Waals surface area contributed by atoms with Crippen LogP contribution in [0, 0.1) is 0 Å². The molecule has 4 heteroatoms. The molecule has 92 valence electrons.